The SMILES string of the molecule is COc1ccc(C(c2cc(C)ccc2C)N2CCCC(C(=O)O)C2)cc1OC. The smallest absolute Gasteiger partial charge is 0.307 e. The molecule has 5 nitrogen and oxygen atoms in total. The quantitative estimate of drug-likeness (QED) is 0.810. The number of ether oxygens (including phenoxy) is 2. The molecule has 2 unspecified atom stereocenters. The van der Waals surface area contributed by atoms with E-state index in [-0.39, 0.29) is 12.0 Å². The lowest BCUT2D eigenvalue weighted by molar-refractivity contribution is -0.143. The zero-order valence-electron chi connectivity index (χ0n) is 17.1. The molecule has 1 aliphatic rings. The molecule has 2 aromatic carbocycles. The summed E-state index contributed by atoms with van der Waals surface area (Å²) in [5.41, 5.74) is 4.68. The zero-order valence-corrected chi connectivity index (χ0v) is 17.1. The molecular formula is C23H29NO4. The molecule has 1 N–H and O–H groups in total. The molecular weight excluding hydrogens is 354 g/mol. The summed E-state index contributed by atoms with van der Waals surface area (Å²) < 4.78 is 10.9. The highest BCUT2D eigenvalue weighted by atomic mass is 16.5. The van der Waals surface area contributed by atoms with Gasteiger partial charge in [-0.05, 0) is 62.1 Å². The Bertz CT molecular complexity index is 848. The number of piperidine rings is 1. The Hall–Kier alpha value is -2.53. The van der Waals surface area contributed by atoms with Crippen LogP contribution in [-0.4, -0.2) is 43.3 Å². The molecule has 28 heavy (non-hydrogen) atoms. The summed E-state index contributed by atoms with van der Waals surface area (Å²) in [4.78, 5) is 13.9. The van der Waals surface area contributed by atoms with E-state index < -0.39 is 5.97 Å². The van der Waals surface area contributed by atoms with Crippen molar-refractivity contribution in [3.05, 3.63) is 58.7 Å². The Kier molecular flexibility index (Phi) is 6.25. The number of benzene rings is 2. The standard InChI is InChI=1S/C23H29NO4/c1-15-7-8-16(2)19(12-15)22(24-11-5-6-18(14-24)23(25)26)17-9-10-20(27-3)21(13-17)28-4/h7-10,12-13,18,22H,5-6,11,14H2,1-4H3,(H,25,26). The van der Waals surface area contributed by atoms with Gasteiger partial charge in [-0.3, -0.25) is 9.69 Å². The number of nitrogens with zero attached hydrogens (tertiary/aromatic N) is 1. The minimum atomic E-state index is -0.711. The number of aliphatic carboxylic acids is 1. The second kappa shape index (κ2) is 8.65. The summed E-state index contributed by atoms with van der Waals surface area (Å²) in [6.45, 7) is 5.61. The van der Waals surface area contributed by atoms with Crippen LogP contribution >= 0.6 is 0 Å². The monoisotopic (exact) mass is 383 g/mol. The molecule has 1 saturated heterocycles. The number of aryl methyl sites for hydroxylation is 2. The van der Waals surface area contributed by atoms with Gasteiger partial charge < -0.3 is 14.6 Å². The first-order chi connectivity index (χ1) is 13.4. The third kappa shape index (κ3) is 4.14. The van der Waals surface area contributed by atoms with E-state index in [4.69, 9.17) is 9.47 Å². The van der Waals surface area contributed by atoms with Crippen molar-refractivity contribution < 1.29 is 19.4 Å². The summed E-state index contributed by atoms with van der Waals surface area (Å²) in [6, 6.07) is 12.4. The number of hydrogen-bond donors (Lipinski definition) is 1. The fourth-order valence-corrected chi connectivity index (χ4v) is 4.11. The minimum absolute atomic E-state index is 0.0261. The first kappa shape index (κ1) is 20.2. The van der Waals surface area contributed by atoms with Gasteiger partial charge in [-0.25, -0.2) is 0 Å². The molecule has 0 bridgehead atoms. The van der Waals surface area contributed by atoms with Crippen molar-refractivity contribution >= 4 is 5.97 Å². The van der Waals surface area contributed by atoms with Crippen molar-refractivity contribution in [3.63, 3.8) is 0 Å². The highest BCUT2D eigenvalue weighted by Crippen LogP contribution is 2.38. The van der Waals surface area contributed by atoms with E-state index in [0.29, 0.717) is 18.0 Å². The molecule has 0 saturated carbocycles. The van der Waals surface area contributed by atoms with Crippen LogP contribution in [0.4, 0.5) is 0 Å². The van der Waals surface area contributed by atoms with E-state index in [2.05, 4.69) is 43.0 Å². The predicted molar refractivity (Wildman–Crippen MR) is 109 cm³/mol. The largest absolute Gasteiger partial charge is 0.493 e. The summed E-state index contributed by atoms with van der Waals surface area (Å²) in [5, 5.41) is 9.56. The molecule has 0 aliphatic carbocycles. The fraction of sp³-hybridized carbons (Fsp3) is 0.435. The molecule has 1 fully saturated rings. The van der Waals surface area contributed by atoms with Crippen LogP contribution < -0.4 is 9.47 Å². The maximum Gasteiger partial charge on any atom is 0.307 e. The average Bonchev–Trinajstić information content (AvgIpc) is 2.70. The minimum Gasteiger partial charge on any atom is -0.493 e. The highest BCUT2D eigenvalue weighted by Gasteiger charge is 2.32. The van der Waals surface area contributed by atoms with Crippen molar-refractivity contribution in [3.8, 4) is 11.5 Å². The Balaban J connectivity index is 2.09. The maximum absolute atomic E-state index is 11.6. The number of carboxylic acids is 1. The molecule has 5 heteroatoms. The lowest BCUT2D eigenvalue weighted by Gasteiger charge is -2.38. The molecule has 0 amide bonds. The number of carbonyl (C=O) groups is 1. The summed E-state index contributed by atoms with van der Waals surface area (Å²) in [6.07, 6.45) is 1.61. The normalized spacial score (nSPS) is 18.5. The van der Waals surface area contributed by atoms with Gasteiger partial charge >= 0.3 is 5.97 Å². The van der Waals surface area contributed by atoms with Crippen molar-refractivity contribution in [2.24, 2.45) is 5.92 Å². The second-order valence-electron chi connectivity index (χ2n) is 7.55. The van der Waals surface area contributed by atoms with Crippen LogP contribution in [0.5, 0.6) is 11.5 Å². The summed E-state index contributed by atoms with van der Waals surface area (Å²) in [5.74, 6) is 0.327. The van der Waals surface area contributed by atoms with Crippen LogP contribution in [-0.2, 0) is 4.79 Å². The van der Waals surface area contributed by atoms with Crippen LogP contribution in [0.3, 0.4) is 0 Å². The van der Waals surface area contributed by atoms with Crippen molar-refractivity contribution in [2.75, 3.05) is 27.3 Å². The number of rotatable bonds is 6. The van der Waals surface area contributed by atoms with Crippen LogP contribution in [0, 0.1) is 19.8 Å². The van der Waals surface area contributed by atoms with Gasteiger partial charge in [0.25, 0.3) is 0 Å². The van der Waals surface area contributed by atoms with Crippen LogP contribution in [0.15, 0.2) is 36.4 Å². The number of hydrogen-bond acceptors (Lipinski definition) is 4. The highest BCUT2D eigenvalue weighted by molar-refractivity contribution is 5.70. The molecule has 0 spiro atoms. The Labute approximate surface area is 166 Å². The lowest BCUT2D eigenvalue weighted by Crippen LogP contribution is -2.41. The van der Waals surface area contributed by atoms with Crippen molar-refractivity contribution in [2.45, 2.75) is 32.7 Å². The van der Waals surface area contributed by atoms with E-state index in [1.165, 1.54) is 16.7 Å². The first-order valence-electron chi connectivity index (χ1n) is 9.70. The summed E-state index contributed by atoms with van der Waals surface area (Å²) >= 11 is 0. The van der Waals surface area contributed by atoms with Crippen LogP contribution in [0.1, 0.15) is 41.1 Å². The summed E-state index contributed by atoms with van der Waals surface area (Å²) in [7, 11) is 3.26. The van der Waals surface area contributed by atoms with Gasteiger partial charge in [-0.1, -0.05) is 29.8 Å². The second-order valence-corrected chi connectivity index (χ2v) is 7.55. The van der Waals surface area contributed by atoms with Gasteiger partial charge in [-0.2, -0.15) is 0 Å². The van der Waals surface area contributed by atoms with Gasteiger partial charge in [-0.15, -0.1) is 0 Å². The molecule has 1 aliphatic heterocycles. The lowest BCUT2D eigenvalue weighted by atomic mass is 9.88. The Morgan fingerprint density at radius 1 is 1.11 bits per heavy atom. The van der Waals surface area contributed by atoms with Gasteiger partial charge in [0.1, 0.15) is 0 Å². The van der Waals surface area contributed by atoms with Gasteiger partial charge in [0.2, 0.25) is 0 Å². The van der Waals surface area contributed by atoms with Gasteiger partial charge in [0.05, 0.1) is 26.2 Å². The molecule has 0 aromatic heterocycles. The zero-order chi connectivity index (χ0) is 20.3. The van der Waals surface area contributed by atoms with E-state index in [0.717, 1.165) is 24.9 Å². The van der Waals surface area contributed by atoms with E-state index >= 15 is 0 Å². The van der Waals surface area contributed by atoms with Crippen molar-refractivity contribution in [1.82, 2.24) is 4.90 Å². The average molecular weight is 383 g/mol. The molecule has 0 radical (unpaired) electrons. The van der Waals surface area contributed by atoms with E-state index in [1.807, 2.05) is 12.1 Å². The third-order valence-electron chi connectivity index (χ3n) is 5.62. The van der Waals surface area contributed by atoms with Crippen LogP contribution in [0.2, 0.25) is 0 Å². The third-order valence-corrected chi connectivity index (χ3v) is 5.62. The Morgan fingerprint density at radius 2 is 1.86 bits per heavy atom. The van der Waals surface area contributed by atoms with Gasteiger partial charge in [0.15, 0.2) is 11.5 Å². The van der Waals surface area contributed by atoms with Crippen molar-refractivity contribution in [1.29, 1.82) is 0 Å². The molecule has 150 valence electrons. The molecule has 3 rings (SSSR count). The topological polar surface area (TPSA) is 59.0 Å². The van der Waals surface area contributed by atoms with E-state index in [9.17, 15) is 9.90 Å². The number of likely N-dealkylation sites (tertiary alicyclic amines) is 1. The molecule has 2 atom stereocenters. The first-order valence-corrected chi connectivity index (χ1v) is 9.70. The fourth-order valence-electron chi connectivity index (χ4n) is 4.11. The van der Waals surface area contributed by atoms with Crippen LogP contribution in [0.25, 0.3) is 0 Å². The number of methoxy groups -OCH3 is 2. The Morgan fingerprint density at radius 3 is 2.54 bits per heavy atom. The van der Waals surface area contributed by atoms with Gasteiger partial charge in [0, 0.05) is 6.54 Å². The maximum atomic E-state index is 11.6. The predicted octanol–water partition coefficient (Wildman–Crippen LogP) is 4.21. The molecule has 2 aromatic rings. The molecule has 1 heterocycles. The van der Waals surface area contributed by atoms with E-state index in [1.54, 1.807) is 14.2 Å². The number of carboxylic acid groups (broad SMARTS) is 1.